The zero-order valence-electron chi connectivity index (χ0n) is 16.4. The van der Waals surface area contributed by atoms with E-state index in [9.17, 15) is 9.59 Å². The van der Waals surface area contributed by atoms with Gasteiger partial charge in [0.15, 0.2) is 0 Å². The molecule has 146 valence electrons. The third kappa shape index (κ3) is 3.47. The van der Waals surface area contributed by atoms with E-state index in [-0.39, 0.29) is 11.1 Å². The van der Waals surface area contributed by atoms with E-state index in [1.165, 1.54) is 22.5 Å². The van der Waals surface area contributed by atoms with Crippen LogP contribution in [0.4, 0.5) is 0 Å². The summed E-state index contributed by atoms with van der Waals surface area (Å²) in [6.07, 6.45) is 1.57. The summed E-state index contributed by atoms with van der Waals surface area (Å²) in [4.78, 5) is 30.6. The Labute approximate surface area is 171 Å². The molecule has 0 unspecified atom stereocenters. The largest absolute Gasteiger partial charge is 0.478 e. The lowest BCUT2D eigenvalue weighted by molar-refractivity contribution is 0.0697. The van der Waals surface area contributed by atoms with Crippen LogP contribution >= 0.6 is 11.3 Å². The summed E-state index contributed by atoms with van der Waals surface area (Å²) in [5, 5.41) is 9.68. The van der Waals surface area contributed by atoms with Crippen molar-refractivity contribution in [3.8, 4) is 11.1 Å². The Morgan fingerprint density at radius 1 is 1.07 bits per heavy atom. The molecule has 0 fully saturated rings. The van der Waals surface area contributed by atoms with Gasteiger partial charge in [0.05, 0.1) is 23.8 Å². The first kappa shape index (κ1) is 19.1. The zero-order chi connectivity index (χ0) is 20.7. The molecular weight excluding hydrogens is 384 g/mol. The lowest BCUT2D eigenvalue weighted by Gasteiger charge is -2.08. The van der Waals surface area contributed by atoms with Gasteiger partial charge in [-0.1, -0.05) is 30.3 Å². The van der Waals surface area contributed by atoms with E-state index < -0.39 is 5.97 Å². The van der Waals surface area contributed by atoms with Crippen molar-refractivity contribution in [2.75, 3.05) is 0 Å². The van der Waals surface area contributed by atoms with Crippen molar-refractivity contribution in [3.05, 3.63) is 86.3 Å². The van der Waals surface area contributed by atoms with Crippen LogP contribution in [0.3, 0.4) is 0 Å². The Kier molecular flexibility index (Phi) is 4.80. The second-order valence-corrected chi connectivity index (χ2v) is 8.40. The number of aromatic carboxylic acids is 1. The molecule has 2 aromatic carbocycles. The maximum Gasteiger partial charge on any atom is 0.335 e. The smallest absolute Gasteiger partial charge is 0.335 e. The Morgan fingerprint density at radius 2 is 1.79 bits per heavy atom. The Morgan fingerprint density at radius 3 is 2.45 bits per heavy atom. The fourth-order valence-electron chi connectivity index (χ4n) is 3.44. The van der Waals surface area contributed by atoms with Crippen LogP contribution in [-0.4, -0.2) is 20.6 Å². The number of thiophene rings is 1. The normalized spacial score (nSPS) is 11.1. The number of carbonyl (C=O) groups is 1. The number of hydrogen-bond donors (Lipinski definition) is 1. The third-order valence-electron chi connectivity index (χ3n) is 5.20. The molecule has 2 heterocycles. The maximum absolute atomic E-state index is 13.3. The van der Waals surface area contributed by atoms with E-state index in [1.807, 2.05) is 6.92 Å². The van der Waals surface area contributed by atoms with Crippen molar-refractivity contribution in [2.24, 2.45) is 0 Å². The van der Waals surface area contributed by atoms with Gasteiger partial charge in [-0.15, -0.1) is 11.3 Å². The molecule has 4 aromatic rings. The van der Waals surface area contributed by atoms with E-state index in [1.54, 1.807) is 35.2 Å². The number of rotatable bonds is 4. The summed E-state index contributed by atoms with van der Waals surface area (Å²) in [7, 11) is 0. The summed E-state index contributed by atoms with van der Waals surface area (Å²) < 4.78 is 1.58. The van der Waals surface area contributed by atoms with Crippen LogP contribution in [0.15, 0.2) is 53.6 Å². The minimum Gasteiger partial charge on any atom is -0.478 e. The molecular formula is C23H20N2O3S. The number of fused-ring (bicyclic) bond motifs is 1. The highest BCUT2D eigenvalue weighted by atomic mass is 32.1. The molecule has 0 atom stereocenters. The number of nitrogens with zero attached hydrogens (tertiary/aromatic N) is 2. The van der Waals surface area contributed by atoms with Crippen molar-refractivity contribution in [2.45, 2.75) is 27.3 Å². The second kappa shape index (κ2) is 7.29. The SMILES string of the molecule is Cc1ccc(-c2c(C)sc3ncn(Cc4ccc(C(=O)O)cc4)c(=O)c23)cc1C. The van der Waals surface area contributed by atoms with Crippen molar-refractivity contribution >= 4 is 27.5 Å². The number of aromatic nitrogens is 2. The molecule has 29 heavy (non-hydrogen) atoms. The van der Waals surface area contributed by atoms with E-state index in [4.69, 9.17) is 5.11 Å². The molecule has 4 rings (SSSR count). The van der Waals surface area contributed by atoms with Gasteiger partial charge in [-0.05, 0) is 55.2 Å². The zero-order valence-corrected chi connectivity index (χ0v) is 17.2. The summed E-state index contributed by atoms with van der Waals surface area (Å²) >= 11 is 1.53. The lowest BCUT2D eigenvalue weighted by atomic mass is 9.99. The second-order valence-electron chi connectivity index (χ2n) is 7.19. The molecule has 5 nitrogen and oxygen atoms in total. The predicted octanol–water partition coefficient (Wildman–Crippen LogP) is 4.80. The molecule has 6 heteroatoms. The van der Waals surface area contributed by atoms with Gasteiger partial charge in [-0.3, -0.25) is 9.36 Å². The summed E-state index contributed by atoms with van der Waals surface area (Å²) in [6, 6.07) is 12.8. The van der Waals surface area contributed by atoms with Crippen LogP contribution in [-0.2, 0) is 6.54 Å². The Balaban J connectivity index is 1.81. The minimum absolute atomic E-state index is 0.0881. The minimum atomic E-state index is -0.969. The van der Waals surface area contributed by atoms with E-state index in [0.717, 1.165) is 26.4 Å². The molecule has 0 aliphatic rings. The topological polar surface area (TPSA) is 72.2 Å². The molecule has 0 radical (unpaired) electrons. The van der Waals surface area contributed by atoms with E-state index in [2.05, 4.69) is 37.0 Å². The van der Waals surface area contributed by atoms with Crippen molar-refractivity contribution in [3.63, 3.8) is 0 Å². The standard InChI is InChI=1S/C23H20N2O3S/c1-13-4-7-18(10-14(13)2)19-15(3)29-21-20(19)22(26)25(12-24-21)11-16-5-8-17(9-6-16)23(27)28/h4-10,12H,11H2,1-3H3,(H,27,28). The highest BCUT2D eigenvalue weighted by Crippen LogP contribution is 2.36. The molecule has 0 amide bonds. The Bertz CT molecular complexity index is 1300. The first-order chi connectivity index (χ1) is 13.8. The first-order valence-corrected chi connectivity index (χ1v) is 10.0. The van der Waals surface area contributed by atoms with E-state index >= 15 is 0 Å². The molecule has 0 aliphatic heterocycles. The van der Waals surface area contributed by atoms with Crippen molar-refractivity contribution < 1.29 is 9.90 Å². The van der Waals surface area contributed by atoms with Gasteiger partial charge in [0.25, 0.3) is 5.56 Å². The highest BCUT2D eigenvalue weighted by molar-refractivity contribution is 7.19. The van der Waals surface area contributed by atoms with Crippen LogP contribution in [0.25, 0.3) is 21.3 Å². The number of carboxylic acids is 1. The van der Waals surface area contributed by atoms with Gasteiger partial charge in [-0.25, -0.2) is 9.78 Å². The van der Waals surface area contributed by atoms with Crippen LogP contribution in [0.5, 0.6) is 0 Å². The summed E-state index contributed by atoms with van der Waals surface area (Å²) in [5.41, 5.74) is 5.35. The molecule has 1 N–H and O–H groups in total. The number of aryl methyl sites for hydroxylation is 3. The first-order valence-electron chi connectivity index (χ1n) is 9.23. The van der Waals surface area contributed by atoms with Crippen LogP contribution < -0.4 is 5.56 Å². The predicted molar refractivity (Wildman–Crippen MR) is 116 cm³/mol. The van der Waals surface area contributed by atoms with Crippen LogP contribution in [0, 0.1) is 20.8 Å². The molecule has 2 aromatic heterocycles. The maximum atomic E-state index is 13.3. The number of benzene rings is 2. The van der Waals surface area contributed by atoms with Gasteiger partial charge >= 0.3 is 5.97 Å². The highest BCUT2D eigenvalue weighted by Gasteiger charge is 2.17. The molecule has 0 saturated heterocycles. The van der Waals surface area contributed by atoms with Gasteiger partial charge in [0.2, 0.25) is 0 Å². The fraction of sp³-hybridized carbons (Fsp3) is 0.174. The quantitative estimate of drug-likeness (QED) is 0.530. The molecule has 0 bridgehead atoms. The van der Waals surface area contributed by atoms with Gasteiger partial charge in [0.1, 0.15) is 4.83 Å². The van der Waals surface area contributed by atoms with Crippen LogP contribution in [0.1, 0.15) is 31.9 Å². The van der Waals surface area contributed by atoms with Gasteiger partial charge < -0.3 is 5.11 Å². The molecule has 0 aliphatic carbocycles. The Hall–Kier alpha value is -3.25. The summed E-state index contributed by atoms with van der Waals surface area (Å²) in [6.45, 7) is 6.50. The monoisotopic (exact) mass is 404 g/mol. The molecule has 0 saturated carbocycles. The average Bonchev–Trinajstić information content (AvgIpc) is 3.03. The third-order valence-corrected chi connectivity index (χ3v) is 6.22. The number of hydrogen-bond acceptors (Lipinski definition) is 4. The lowest BCUT2D eigenvalue weighted by Crippen LogP contribution is -2.21. The number of carboxylic acid groups (broad SMARTS) is 1. The van der Waals surface area contributed by atoms with E-state index in [0.29, 0.717) is 11.9 Å². The molecule has 0 spiro atoms. The summed E-state index contributed by atoms with van der Waals surface area (Å²) in [5.74, 6) is -0.969. The van der Waals surface area contributed by atoms with Crippen molar-refractivity contribution in [1.29, 1.82) is 0 Å². The van der Waals surface area contributed by atoms with Crippen LogP contribution in [0.2, 0.25) is 0 Å². The van der Waals surface area contributed by atoms with Crippen molar-refractivity contribution in [1.82, 2.24) is 9.55 Å². The van der Waals surface area contributed by atoms with Gasteiger partial charge in [0, 0.05) is 10.4 Å². The average molecular weight is 404 g/mol. The fourth-order valence-corrected chi connectivity index (χ4v) is 4.45. The van der Waals surface area contributed by atoms with Gasteiger partial charge in [-0.2, -0.15) is 0 Å².